The molecule has 2 heterocycles. The number of nitrogens with zero attached hydrogens (tertiary/aromatic N) is 3. The third-order valence-electron chi connectivity index (χ3n) is 4.38. The number of aromatic carboxylic acids is 1. The summed E-state index contributed by atoms with van der Waals surface area (Å²) in [5.41, 5.74) is 5.59. The summed E-state index contributed by atoms with van der Waals surface area (Å²) in [7, 11) is 0. The number of rotatable bonds is 6. The van der Waals surface area contributed by atoms with Crippen LogP contribution in [-0.4, -0.2) is 26.8 Å². The van der Waals surface area contributed by atoms with Gasteiger partial charge in [-0.2, -0.15) is 5.10 Å². The predicted molar refractivity (Wildman–Crippen MR) is 108 cm³/mol. The highest BCUT2D eigenvalue weighted by molar-refractivity contribution is 5.95. The maximum Gasteiger partial charge on any atom is 0.336 e. The minimum atomic E-state index is -0.998. The first-order chi connectivity index (χ1) is 13.7. The zero-order chi connectivity index (χ0) is 19.5. The van der Waals surface area contributed by atoms with Crippen LogP contribution in [0.2, 0.25) is 0 Å². The van der Waals surface area contributed by atoms with Crippen LogP contribution in [0.1, 0.15) is 23.0 Å². The van der Waals surface area contributed by atoms with Crippen LogP contribution in [0.4, 0.5) is 5.95 Å². The molecule has 0 amide bonds. The summed E-state index contributed by atoms with van der Waals surface area (Å²) in [6.45, 7) is 2.80. The van der Waals surface area contributed by atoms with Crippen LogP contribution in [0, 0.1) is 0 Å². The molecule has 2 aromatic heterocycles. The molecule has 4 rings (SSSR count). The minimum absolute atomic E-state index is 0.190. The van der Waals surface area contributed by atoms with Crippen molar-refractivity contribution in [2.45, 2.75) is 13.5 Å². The quantitative estimate of drug-likeness (QED) is 0.384. The van der Waals surface area contributed by atoms with E-state index in [0.717, 1.165) is 17.6 Å². The summed E-state index contributed by atoms with van der Waals surface area (Å²) in [5, 5.41) is 13.5. The largest absolute Gasteiger partial charge is 0.478 e. The second kappa shape index (κ2) is 7.40. The van der Waals surface area contributed by atoms with Crippen molar-refractivity contribution in [2.75, 3.05) is 5.43 Å². The Hall–Kier alpha value is -3.87. The zero-order valence-electron chi connectivity index (χ0n) is 15.2. The van der Waals surface area contributed by atoms with Gasteiger partial charge >= 0.3 is 5.97 Å². The minimum Gasteiger partial charge on any atom is -0.478 e. The van der Waals surface area contributed by atoms with Crippen molar-refractivity contribution in [3.63, 3.8) is 0 Å². The number of imidazole rings is 1. The topological polar surface area (TPSA) is 92.7 Å². The molecule has 0 bridgehead atoms. The van der Waals surface area contributed by atoms with Gasteiger partial charge in [0.25, 0.3) is 0 Å². The highest BCUT2D eigenvalue weighted by atomic mass is 16.4. The summed E-state index contributed by atoms with van der Waals surface area (Å²) in [4.78, 5) is 15.9. The SMILES string of the molecule is CCn1c(N/N=C\c2ccc(-c3ccccc3C(=O)O)o2)nc2ccccc21. The maximum absolute atomic E-state index is 11.4. The van der Waals surface area contributed by atoms with E-state index < -0.39 is 5.97 Å². The van der Waals surface area contributed by atoms with Crippen LogP contribution < -0.4 is 5.43 Å². The standard InChI is InChI=1S/C21H18N4O3/c1-2-25-18-10-6-5-9-17(18)23-21(25)24-22-13-14-11-12-19(28-14)15-7-3-4-8-16(15)20(26)27/h3-13H,2H2,1H3,(H,23,24)(H,26,27)/b22-13-. The second-order valence-corrected chi connectivity index (χ2v) is 6.09. The number of hydrogen-bond donors (Lipinski definition) is 2. The summed E-state index contributed by atoms with van der Waals surface area (Å²) >= 11 is 0. The number of aromatic nitrogens is 2. The smallest absolute Gasteiger partial charge is 0.336 e. The van der Waals surface area contributed by atoms with Gasteiger partial charge in [-0.05, 0) is 37.3 Å². The van der Waals surface area contributed by atoms with E-state index in [2.05, 4.69) is 15.5 Å². The summed E-state index contributed by atoms with van der Waals surface area (Å²) < 4.78 is 7.77. The first-order valence-electron chi connectivity index (χ1n) is 8.84. The number of para-hydroxylation sites is 2. The normalized spacial score (nSPS) is 11.3. The molecule has 0 unspecified atom stereocenters. The summed E-state index contributed by atoms with van der Waals surface area (Å²) in [5.74, 6) is 0.618. The van der Waals surface area contributed by atoms with Gasteiger partial charge < -0.3 is 14.1 Å². The van der Waals surface area contributed by atoms with Crippen LogP contribution in [0.25, 0.3) is 22.4 Å². The molecule has 2 aromatic carbocycles. The molecule has 4 aromatic rings. The van der Waals surface area contributed by atoms with Crippen molar-refractivity contribution >= 4 is 29.2 Å². The van der Waals surface area contributed by atoms with Crippen LogP contribution in [0.15, 0.2) is 70.2 Å². The van der Waals surface area contributed by atoms with Crippen molar-refractivity contribution in [1.82, 2.24) is 9.55 Å². The van der Waals surface area contributed by atoms with Crippen molar-refractivity contribution in [1.29, 1.82) is 0 Å². The average Bonchev–Trinajstić information content (AvgIpc) is 3.32. The number of benzene rings is 2. The molecule has 7 nitrogen and oxygen atoms in total. The van der Waals surface area contributed by atoms with Gasteiger partial charge in [-0.1, -0.05) is 30.3 Å². The molecule has 0 fully saturated rings. The Bertz CT molecular complexity index is 1170. The fourth-order valence-electron chi connectivity index (χ4n) is 3.09. The number of fused-ring (bicyclic) bond motifs is 1. The maximum atomic E-state index is 11.4. The Morgan fingerprint density at radius 1 is 1.18 bits per heavy atom. The summed E-state index contributed by atoms with van der Waals surface area (Å²) in [6.07, 6.45) is 1.53. The van der Waals surface area contributed by atoms with Gasteiger partial charge in [-0.15, -0.1) is 0 Å². The average molecular weight is 374 g/mol. The molecule has 0 aliphatic carbocycles. The number of carboxylic acid groups (broad SMARTS) is 1. The second-order valence-electron chi connectivity index (χ2n) is 6.09. The molecule has 0 saturated heterocycles. The zero-order valence-corrected chi connectivity index (χ0v) is 15.2. The van der Waals surface area contributed by atoms with E-state index in [4.69, 9.17) is 4.42 Å². The van der Waals surface area contributed by atoms with Gasteiger partial charge in [-0.25, -0.2) is 15.2 Å². The fraction of sp³-hybridized carbons (Fsp3) is 0.0952. The third-order valence-corrected chi connectivity index (χ3v) is 4.38. The molecule has 28 heavy (non-hydrogen) atoms. The Kier molecular flexibility index (Phi) is 4.63. The number of hydrogen-bond acceptors (Lipinski definition) is 5. The molecular weight excluding hydrogens is 356 g/mol. The van der Waals surface area contributed by atoms with E-state index in [1.807, 2.05) is 35.8 Å². The Morgan fingerprint density at radius 3 is 2.79 bits per heavy atom. The van der Waals surface area contributed by atoms with Crippen LogP contribution >= 0.6 is 0 Å². The number of anilines is 1. The highest BCUT2D eigenvalue weighted by Gasteiger charge is 2.13. The van der Waals surface area contributed by atoms with E-state index >= 15 is 0 Å². The van der Waals surface area contributed by atoms with Gasteiger partial charge in [0.1, 0.15) is 11.5 Å². The van der Waals surface area contributed by atoms with E-state index in [1.165, 1.54) is 6.21 Å². The Balaban J connectivity index is 1.55. The first-order valence-corrected chi connectivity index (χ1v) is 8.84. The van der Waals surface area contributed by atoms with Gasteiger partial charge in [0.15, 0.2) is 0 Å². The first kappa shape index (κ1) is 17.5. The molecule has 0 radical (unpaired) electrons. The molecule has 0 aliphatic heterocycles. The lowest BCUT2D eigenvalue weighted by atomic mass is 10.1. The lowest BCUT2D eigenvalue weighted by molar-refractivity contribution is 0.0697. The van der Waals surface area contributed by atoms with Gasteiger partial charge in [0.05, 0.1) is 22.8 Å². The number of hydrazone groups is 1. The van der Waals surface area contributed by atoms with Crippen molar-refractivity contribution in [3.8, 4) is 11.3 Å². The van der Waals surface area contributed by atoms with Gasteiger partial charge in [0.2, 0.25) is 5.95 Å². The highest BCUT2D eigenvalue weighted by Crippen LogP contribution is 2.25. The molecule has 7 heteroatoms. The van der Waals surface area contributed by atoms with Crippen LogP contribution in [-0.2, 0) is 6.54 Å². The molecule has 0 spiro atoms. The van der Waals surface area contributed by atoms with E-state index in [-0.39, 0.29) is 5.56 Å². The molecule has 140 valence electrons. The van der Waals surface area contributed by atoms with Crippen molar-refractivity contribution in [2.24, 2.45) is 5.10 Å². The molecule has 0 aliphatic rings. The third kappa shape index (κ3) is 3.25. The molecular formula is C21H18N4O3. The Labute approximate surface area is 160 Å². The number of carboxylic acids is 1. The predicted octanol–water partition coefficient (Wildman–Crippen LogP) is 4.46. The fourth-order valence-corrected chi connectivity index (χ4v) is 3.09. The lowest BCUT2D eigenvalue weighted by Gasteiger charge is -2.04. The monoisotopic (exact) mass is 374 g/mol. The van der Waals surface area contributed by atoms with Gasteiger partial charge in [-0.3, -0.25) is 0 Å². The van der Waals surface area contributed by atoms with Crippen LogP contribution in [0.3, 0.4) is 0 Å². The van der Waals surface area contributed by atoms with Gasteiger partial charge in [0, 0.05) is 12.1 Å². The number of carbonyl (C=O) groups is 1. The van der Waals surface area contributed by atoms with E-state index in [1.54, 1.807) is 36.4 Å². The lowest BCUT2D eigenvalue weighted by Crippen LogP contribution is -2.01. The van der Waals surface area contributed by atoms with Crippen molar-refractivity contribution < 1.29 is 14.3 Å². The van der Waals surface area contributed by atoms with Crippen LogP contribution in [0.5, 0.6) is 0 Å². The number of aryl methyl sites for hydroxylation is 1. The number of furan rings is 1. The summed E-state index contributed by atoms with van der Waals surface area (Å²) in [6, 6.07) is 18.1. The molecule has 0 saturated carbocycles. The Morgan fingerprint density at radius 2 is 1.96 bits per heavy atom. The molecule has 0 atom stereocenters. The molecule has 2 N–H and O–H groups in total. The number of nitrogens with one attached hydrogen (secondary N) is 1. The van der Waals surface area contributed by atoms with E-state index in [9.17, 15) is 9.90 Å². The van der Waals surface area contributed by atoms with E-state index in [0.29, 0.717) is 23.0 Å². The van der Waals surface area contributed by atoms with Crippen molar-refractivity contribution in [3.05, 3.63) is 72.0 Å².